The summed E-state index contributed by atoms with van der Waals surface area (Å²) in [5.74, 6) is 0.926. The molecule has 0 bridgehead atoms. The molecule has 0 saturated carbocycles. The first-order chi connectivity index (χ1) is 12.9. The number of aromatic nitrogens is 3. The second kappa shape index (κ2) is 6.44. The number of anilines is 4. The number of aliphatic hydroxyl groups is 1. The first-order valence-corrected chi connectivity index (χ1v) is 8.60. The zero-order chi connectivity index (χ0) is 19.0. The molecule has 27 heavy (non-hydrogen) atoms. The maximum atomic E-state index is 13.0. The average Bonchev–Trinajstić information content (AvgIpc) is 2.67. The van der Waals surface area contributed by atoms with Gasteiger partial charge in [0.1, 0.15) is 12.1 Å². The number of benzene rings is 1. The van der Waals surface area contributed by atoms with Crippen LogP contribution in [0.25, 0.3) is 0 Å². The van der Waals surface area contributed by atoms with E-state index < -0.39 is 5.60 Å². The lowest BCUT2D eigenvalue weighted by Gasteiger charge is -2.35. The minimum Gasteiger partial charge on any atom is -0.384 e. The highest BCUT2D eigenvalue weighted by Crippen LogP contribution is 2.38. The highest BCUT2D eigenvalue weighted by atomic mass is 16.3. The molecule has 0 aliphatic carbocycles. The number of fused-ring (bicyclic) bond motifs is 1. The third-order valence-corrected chi connectivity index (χ3v) is 4.37. The summed E-state index contributed by atoms with van der Waals surface area (Å²) in [4.78, 5) is 29.5. The van der Waals surface area contributed by atoms with E-state index in [1.54, 1.807) is 44.6 Å². The minimum atomic E-state index is -1.05. The number of amides is 1. The summed E-state index contributed by atoms with van der Waals surface area (Å²) < 4.78 is 0. The lowest BCUT2D eigenvalue weighted by Crippen LogP contribution is -2.42. The normalized spacial score (nSPS) is 14.3. The van der Waals surface area contributed by atoms with Crippen LogP contribution in [0.15, 0.2) is 61.1 Å². The Balaban J connectivity index is 1.77. The van der Waals surface area contributed by atoms with Gasteiger partial charge in [0.2, 0.25) is 0 Å². The second-order valence-electron chi connectivity index (χ2n) is 6.82. The monoisotopic (exact) mass is 361 g/mol. The van der Waals surface area contributed by atoms with E-state index in [-0.39, 0.29) is 12.5 Å². The second-order valence-corrected chi connectivity index (χ2v) is 6.82. The van der Waals surface area contributed by atoms with E-state index >= 15 is 0 Å². The third kappa shape index (κ3) is 3.13. The van der Waals surface area contributed by atoms with Crippen molar-refractivity contribution in [3.05, 3.63) is 66.7 Å². The van der Waals surface area contributed by atoms with Crippen LogP contribution in [0, 0.1) is 0 Å². The van der Waals surface area contributed by atoms with Crippen molar-refractivity contribution in [3.8, 4) is 0 Å². The van der Waals surface area contributed by atoms with Crippen LogP contribution in [0.5, 0.6) is 0 Å². The van der Waals surface area contributed by atoms with E-state index in [1.165, 1.54) is 4.90 Å². The predicted octanol–water partition coefficient (Wildman–Crippen LogP) is 2.92. The summed E-state index contributed by atoms with van der Waals surface area (Å²) in [5.41, 5.74) is 0.943. The fourth-order valence-electron chi connectivity index (χ4n) is 3.04. The maximum absolute atomic E-state index is 13.0. The van der Waals surface area contributed by atoms with Gasteiger partial charge in [0.05, 0.1) is 17.6 Å². The van der Waals surface area contributed by atoms with Gasteiger partial charge < -0.3 is 10.0 Å². The van der Waals surface area contributed by atoms with E-state index in [1.807, 2.05) is 35.2 Å². The number of carbonyl (C=O) groups is 1. The predicted molar refractivity (Wildman–Crippen MR) is 102 cm³/mol. The molecule has 1 aromatic carbocycles. The van der Waals surface area contributed by atoms with E-state index in [0.717, 1.165) is 5.69 Å². The van der Waals surface area contributed by atoms with Crippen LogP contribution < -0.4 is 9.80 Å². The molecule has 0 unspecified atom stereocenters. The summed E-state index contributed by atoms with van der Waals surface area (Å²) in [6.45, 7) is 3.47. The molecule has 1 amide bonds. The fraction of sp³-hybridized carbons (Fsp3) is 0.200. The van der Waals surface area contributed by atoms with Crippen molar-refractivity contribution in [2.45, 2.75) is 19.4 Å². The van der Waals surface area contributed by atoms with E-state index in [4.69, 9.17) is 0 Å². The quantitative estimate of drug-likeness (QED) is 0.772. The maximum Gasteiger partial charge on any atom is 0.252 e. The van der Waals surface area contributed by atoms with E-state index in [0.29, 0.717) is 23.0 Å². The van der Waals surface area contributed by atoms with E-state index in [2.05, 4.69) is 15.0 Å². The molecule has 0 fully saturated rings. The lowest BCUT2D eigenvalue weighted by molar-refractivity contribution is -0.116. The number of para-hydroxylation sites is 1. The highest BCUT2D eigenvalue weighted by molar-refractivity contribution is 6.08. The molecule has 0 radical (unpaired) electrons. The first kappa shape index (κ1) is 17.1. The number of rotatable bonds is 3. The Morgan fingerprint density at radius 3 is 2.26 bits per heavy atom. The molecule has 0 spiro atoms. The van der Waals surface area contributed by atoms with Crippen LogP contribution in [0.4, 0.5) is 23.0 Å². The molecule has 7 heteroatoms. The Morgan fingerprint density at radius 2 is 1.63 bits per heavy atom. The molecule has 3 aromatic rings. The highest BCUT2D eigenvalue weighted by Gasteiger charge is 2.33. The fourth-order valence-corrected chi connectivity index (χ4v) is 3.04. The Bertz CT molecular complexity index is 968. The summed E-state index contributed by atoms with van der Waals surface area (Å²) in [5, 5.41) is 10.1. The summed E-state index contributed by atoms with van der Waals surface area (Å²) in [6.07, 6.45) is 4.74. The average molecular weight is 361 g/mol. The third-order valence-electron chi connectivity index (χ3n) is 4.37. The number of hydrogen-bond acceptors (Lipinski definition) is 6. The van der Waals surface area contributed by atoms with Crippen LogP contribution in [0.2, 0.25) is 0 Å². The molecule has 1 aliphatic rings. The van der Waals surface area contributed by atoms with E-state index in [9.17, 15) is 9.90 Å². The Kier molecular flexibility index (Phi) is 4.08. The number of pyridine rings is 1. The Hall–Kier alpha value is -3.32. The summed E-state index contributed by atoms with van der Waals surface area (Å²) in [7, 11) is 0. The van der Waals surface area contributed by atoms with Crippen molar-refractivity contribution in [1.82, 2.24) is 15.0 Å². The molecule has 1 aliphatic heterocycles. The van der Waals surface area contributed by atoms with Gasteiger partial charge in [0, 0.05) is 18.1 Å². The van der Waals surface area contributed by atoms with Gasteiger partial charge in [0.15, 0.2) is 11.6 Å². The van der Waals surface area contributed by atoms with Crippen molar-refractivity contribution in [2.24, 2.45) is 0 Å². The van der Waals surface area contributed by atoms with Crippen LogP contribution >= 0.6 is 0 Å². The molecule has 0 atom stereocenters. The molecular weight excluding hydrogens is 342 g/mol. The molecule has 3 heterocycles. The van der Waals surface area contributed by atoms with Gasteiger partial charge >= 0.3 is 0 Å². The Morgan fingerprint density at radius 1 is 0.926 bits per heavy atom. The zero-order valence-electron chi connectivity index (χ0n) is 15.1. The van der Waals surface area contributed by atoms with Gasteiger partial charge in [-0.3, -0.25) is 14.7 Å². The summed E-state index contributed by atoms with van der Waals surface area (Å²) in [6, 6.07) is 13.1. The molecule has 136 valence electrons. The largest absolute Gasteiger partial charge is 0.384 e. The number of hydrogen-bond donors (Lipinski definition) is 1. The number of nitrogens with zero attached hydrogens (tertiary/aromatic N) is 5. The van der Waals surface area contributed by atoms with Gasteiger partial charge in [-0.15, -0.1) is 0 Å². The van der Waals surface area contributed by atoms with Gasteiger partial charge in [-0.05, 0) is 38.1 Å². The van der Waals surface area contributed by atoms with Crippen LogP contribution in [0.3, 0.4) is 0 Å². The molecular formula is C20H19N5O2. The standard InChI is InChI=1S/C20H19N5O2/c1-20(2,27)16-9-8-15(12-23-16)25-17(26)13-24(14-6-4-3-5-7-14)18-19(25)22-11-10-21-18/h3-12,27H,13H2,1-2H3. The van der Waals surface area contributed by atoms with Gasteiger partial charge in [-0.2, -0.15) is 0 Å². The van der Waals surface area contributed by atoms with Crippen molar-refractivity contribution >= 4 is 28.9 Å². The zero-order valence-corrected chi connectivity index (χ0v) is 15.1. The first-order valence-electron chi connectivity index (χ1n) is 8.60. The molecule has 2 aromatic heterocycles. The van der Waals surface area contributed by atoms with Crippen LogP contribution in [0.1, 0.15) is 19.5 Å². The van der Waals surface area contributed by atoms with Crippen molar-refractivity contribution in [3.63, 3.8) is 0 Å². The van der Waals surface area contributed by atoms with Crippen molar-refractivity contribution in [2.75, 3.05) is 16.3 Å². The molecule has 7 nitrogen and oxygen atoms in total. The Labute approximate surface area is 156 Å². The topological polar surface area (TPSA) is 82.5 Å². The smallest absolute Gasteiger partial charge is 0.252 e. The minimum absolute atomic E-state index is 0.135. The summed E-state index contributed by atoms with van der Waals surface area (Å²) >= 11 is 0. The number of carbonyl (C=O) groups excluding carboxylic acids is 1. The van der Waals surface area contributed by atoms with Gasteiger partial charge in [-0.1, -0.05) is 18.2 Å². The molecule has 4 rings (SSSR count). The molecule has 1 N–H and O–H groups in total. The van der Waals surface area contributed by atoms with Crippen LogP contribution in [-0.2, 0) is 10.4 Å². The SMILES string of the molecule is CC(C)(O)c1ccc(N2C(=O)CN(c3ccccc3)c3nccnc32)cn1. The van der Waals surface area contributed by atoms with Crippen molar-refractivity contribution in [1.29, 1.82) is 0 Å². The van der Waals surface area contributed by atoms with Crippen LogP contribution in [-0.4, -0.2) is 32.5 Å². The van der Waals surface area contributed by atoms with Gasteiger partial charge in [-0.25, -0.2) is 9.97 Å². The molecule has 0 saturated heterocycles. The lowest BCUT2D eigenvalue weighted by atomic mass is 10.0. The van der Waals surface area contributed by atoms with Crippen molar-refractivity contribution < 1.29 is 9.90 Å². The van der Waals surface area contributed by atoms with Gasteiger partial charge in [0.25, 0.3) is 5.91 Å².